The van der Waals surface area contributed by atoms with Crippen LogP contribution in [0.3, 0.4) is 0 Å². The minimum absolute atomic E-state index is 0.0138. The van der Waals surface area contributed by atoms with Crippen LogP contribution in [0, 0.1) is 24.1 Å². The van der Waals surface area contributed by atoms with Crippen LogP contribution in [-0.2, 0) is 0 Å². The summed E-state index contributed by atoms with van der Waals surface area (Å²) < 4.78 is 19.8. The third-order valence-electron chi connectivity index (χ3n) is 4.61. The fraction of sp³-hybridized carbons (Fsp3) is 0.350. The second kappa shape index (κ2) is 8.36. The smallest absolute Gasteiger partial charge is 0.256 e. The number of carbonyl (C=O) groups excluding carboxylic acids is 1. The minimum atomic E-state index is -0.560. The van der Waals surface area contributed by atoms with E-state index in [0.29, 0.717) is 22.0 Å². The summed E-state index contributed by atoms with van der Waals surface area (Å²) in [4.78, 5) is 16.2. The lowest BCUT2D eigenvalue weighted by atomic mass is 9.92. The molecule has 0 bridgehead atoms. The van der Waals surface area contributed by atoms with Crippen molar-refractivity contribution >= 4 is 17.5 Å². The molecule has 27 heavy (non-hydrogen) atoms. The van der Waals surface area contributed by atoms with E-state index in [9.17, 15) is 9.18 Å². The first-order valence-corrected chi connectivity index (χ1v) is 9.13. The van der Waals surface area contributed by atoms with Gasteiger partial charge >= 0.3 is 0 Å². The topological polar surface area (TPSA) is 75.0 Å². The molecule has 0 spiro atoms. The van der Waals surface area contributed by atoms with Crippen LogP contribution >= 0.6 is 11.6 Å². The zero-order chi connectivity index (χ0) is 19.4. The van der Waals surface area contributed by atoms with Gasteiger partial charge < -0.3 is 10.1 Å². The summed E-state index contributed by atoms with van der Waals surface area (Å²) in [5, 5.41) is 12.1. The normalized spacial score (nSPS) is 19.2. The third kappa shape index (κ3) is 4.75. The van der Waals surface area contributed by atoms with E-state index in [1.807, 2.05) is 6.07 Å². The Balaban J connectivity index is 1.52. The molecule has 140 valence electrons. The highest BCUT2D eigenvalue weighted by Crippen LogP contribution is 2.27. The van der Waals surface area contributed by atoms with Gasteiger partial charge in [0, 0.05) is 24.0 Å². The zero-order valence-corrected chi connectivity index (χ0v) is 15.6. The van der Waals surface area contributed by atoms with Crippen molar-refractivity contribution in [3.05, 3.63) is 58.1 Å². The largest absolute Gasteiger partial charge is 0.490 e. The van der Waals surface area contributed by atoms with Crippen LogP contribution < -0.4 is 10.1 Å². The first kappa shape index (κ1) is 19.1. The number of nitrogens with one attached hydrogen (secondary N) is 1. The Hall–Kier alpha value is -2.65. The molecule has 1 aromatic heterocycles. The number of aryl methyl sites for hydroxylation is 1. The number of hydrogen-bond donors (Lipinski definition) is 1. The Labute approximate surface area is 162 Å². The monoisotopic (exact) mass is 387 g/mol. The van der Waals surface area contributed by atoms with Gasteiger partial charge in [0.25, 0.3) is 5.91 Å². The van der Waals surface area contributed by atoms with Gasteiger partial charge in [-0.3, -0.25) is 9.78 Å². The molecule has 1 heterocycles. The number of nitriles is 1. The number of halogens is 2. The van der Waals surface area contributed by atoms with Gasteiger partial charge in [-0.15, -0.1) is 0 Å². The Bertz CT molecular complexity index is 889. The number of pyridine rings is 1. The van der Waals surface area contributed by atoms with Crippen LogP contribution in [0.25, 0.3) is 0 Å². The van der Waals surface area contributed by atoms with E-state index >= 15 is 0 Å². The molecule has 3 rings (SSSR count). The summed E-state index contributed by atoms with van der Waals surface area (Å²) in [6.07, 6.45) is 4.28. The van der Waals surface area contributed by atoms with Gasteiger partial charge in [-0.25, -0.2) is 4.39 Å². The van der Waals surface area contributed by atoms with E-state index < -0.39 is 11.7 Å². The summed E-state index contributed by atoms with van der Waals surface area (Å²) in [7, 11) is 0. The van der Waals surface area contributed by atoms with Gasteiger partial charge in [0.1, 0.15) is 17.6 Å². The number of hydrogen-bond acceptors (Lipinski definition) is 4. The maximum Gasteiger partial charge on any atom is 0.256 e. The highest BCUT2D eigenvalue weighted by molar-refractivity contribution is 6.31. The van der Waals surface area contributed by atoms with Crippen molar-refractivity contribution < 1.29 is 13.9 Å². The van der Waals surface area contributed by atoms with Crippen LogP contribution in [0.4, 0.5) is 4.39 Å². The van der Waals surface area contributed by atoms with Gasteiger partial charge in [0.2, 0.25) is 0 Å². The van der Waals surface area contributed by atoms with E-state index in [1.165, 1.54) is 12.3 Å². The average Bonchev–Trinajstić information content (AvgIpc) is 2.63. The van der Waals surface area contributed by atoms with Crippen molar-refractivity contribution in [3.63, 3.8) is 0 Å². The van der Waals surface area contributed by atoms with Crippen molar-refractivity contribution in [1.29, 1.82) is 5.26 Å². The molecule has 0 aliphatic heterocycles. The second-order valence-corrected chi connectivity index (χ2v) is 7.03. The van der Waals surface area contributed by atoms with Gasteiger partial charge in [-0.1, -0.05) is 11.6 Å². The third-order valence-corrected chi connectivity index (χ3v) is 4.92. The molecule has 1 aliphatic rings. The summed E-state index contributed by atoms with van der Waals surface area (Å²) >= 11 is 6.02. The molecule has 1 fully saturated rings. The van der Waals surface area contributed by atoms with E-state index in [1.54, 1.807) is 25.1 Å². The number of nitrogens with zero attached hydrogens (tertiary/aromatic N) is 2. The van der Waals surface area contributed by atoms with Gasteiger partial charge in [0.05, 0.1) is 22.3 Å². The molecule has 1 aliphatic carbocycles. The molecule has 1 amide bonds. The number of benzene rings is 1. The van der Waals surface area contributed by atoms with Crippen LogP contribution in [0.15, 0.2) is 30.5 Å². The van der Waals surface area contributed by atoms with E-state index in [0.717, 1.165) is 25.7 Å². The highest BCUT2D eigenvalue weighted by atomic mass is 35.5. The van der Waals surface area contributed by atoms with Crippen molar-refractivity contribution in [2.24, 2.45) is 0 Å². The quantitative estimate of drug-likeness (QED) is 0.854. The summed E-state index contributed by atoms with van der Waals surface area (Å²) in [5.41, 5.74) is 0.907. The molecule has 0 saturated heterocycles. The summed E-state index contributed by atoms with van der Waals surface area (Å²) in [6.45, 7) is 1.67. The molecule has 2 aromatic rings. The number of carbonyl (C=O) groups is 1. The zero-order valence-electron chi connectivity index (χ0n) is 14.8. The number of rotatable bonds is 4. The second-order valence-electron chi connectivity index (χ2n) is 6.62. The summed E-state index contributed by atoms with van der Waals surface area (Å²) in [5.74, 6) is -0.378. The van der Waals surface area contributed by atoms with Crippen LogP contribution in [0.2, 0.25) is 5.02 Å². The first-order chi connectivity index (χ1) is 13.0. The van der Waals surface area contributed by atoms with Gasteiger partial charge in [0.15, 0.2) is 0 Å². The number of amides is 1. The van der Waals surface area contributed by atoms with Gasteiger partial charge in [-0.05, 0) is 50.8 Å². The molecule has 1 aromatic carbocycles. The van der Waals surface area contributed by atoms with Gasteiger partial charge in [-0.2, -0.15) is 5.26 Å². The van der Waals surface area contributed by atoms with Crippen molar-refractivity contribution in [2.75, 3.05) is 0 Å². The lowest BCUT2D eigenvalue weighted by Crippen LogP contribution is -2.40. The Morgan fingerprint density at radius 3 is 2.70 bits per heavy atom. The molecule has 0 atom stereocenters. The standard InChI is InChI=1S/C20H19ClFN3O2/c1-12-8-19(22)17(11-24-12)20(26)25-14-3-6-15(7-4-14)27-16-5-2-13(10-23)18(21)9-16/h2,5,8-9,11,14-15H,3-4,6-7H2,1H3,(H,25,26). The average molecular weight is 388 g/mol. The fourth-order valence-electron chi connectivity index (χ4n) is 3.13. The molecular formula is C20H19ClFN3O2. The highest BCUT2D eigenvalue weighted by Gasteiger charge is 2.25. The lowest BCUT2D eigenvalue weighted by molar-refractivity contribution is 0.0889. The van der Waals surface area contributed by atoms with E-state index in [-0.39, 0.29) is 17.7 Å². The Morgan fingerprint density at radius 1 is 1.33 bits per heavy atom. The van der Waals surface area contributed by atoms with Crippen molar-refractivity contribution in [3.8, 4) is 11.8 Å². The molecule has 7 heteroatoms. The summed E-state index contributed by atoms with van der Waals surface area (Å²) in [6, 6.07) is 8.24. The first-order valence-electron chi connectivity index (χ1n) is 8.75. The number of ether oxygens (including phenoxy) is 1. The minimum Gasteiger partial charge on any atom is -0.490 e. The maximum atomic E-state index is 13.9. The molecule has 0 unspecified atom stereocenters. The molecule has 1 saturated carbocycles. The maximum absolute atomic E-state index is 13.9. The van der Waals surface area contributed by atoms with E-state index in [2.05, 4.69) is 10.3 Å². The van der Waals surface area contributed by atoms with Crippen LogP contribution in [0.5, 0.6) is 5.75 Å². The lowest BCUT2D eigenvalue weighted by Gasteiger charge is -2.29. The Kier molecular flexibility index (Phi) is 5.92. The SMILES string of the molecule is Cc1cc(F)c(C(=O)NC2CCC(Oc3ccc(C#N)c(Cl)c3)CC2)cn1. The predicted molar refractivity (Wildman–Crippen MR) is 99.2 cm³/mol. The predicted octanol–water partition coefficient (Wildman–Crippen LogP) is 4.17. The van der Waals surface area contributed by atoms with Crippen LogP contribution in [0.1, 0.15) is 47.3 Å². The molecule has 5 nitrogen and oxygen atoms in total. The molecule has 1 N–H and O–H groups in total. The van der Waals surface area contributed by atoms with Crippen molar-refractivity contribution in [1.82, 2.24) is 10.3 Å². The van der Waals surface area contributed by atoms with Crippen LogP contribution in [-0.4, -0.2) is 23.0 Å². The molecule has 0 radical (unpaired) electrons. The van der Waals surface area contributed by atoms with E-state index in [4.69, 9.17) is 21.6 Å². The van der Waals surface area contributed by atoms with Crippen molar-refractivity contribution in [2.45, 2.75) is 44.8 Å². The molecular weight excluding hydrogens is 369 g/mol. The Morgan fingerprint density at radius 2 is 2.07 bits per heavy atom. The fourth-order valence-corrected chi connectivity index (χ4v) is 3.35. The number of aromatic nitrogens is 1.